The minimum Gasteiger partial charge on any atom is -0.382 e. The molecule has 7 heteroatoms. The summed E-state index contributed by atoms with van der Waals surface area (Å²) in [5, 5.41) is 10.5. The van der Waals surface area contributed by atoms with E-state index in [9.17, 15) is 0 Å². The molecule has 0 saturated heterocycles. The second-order valence-corrected chi connectivity index (χ2v) is 6.32. The number of hydrogen-bond acceptors (Lipinski definition) is 5. The first kappa shape index (κ1) is 15.5. The summed E-state index contributed by atoms with van der Waals surface area (Å²) in [6.45, 7) is 0. The Morgan fingerprint density at radius 2 is 1.84 bits per heavy atom. The number of nitrogens with one attached hydrogen (secondary N) is 1. The Bertz CT molecular complexity index is 1050. The molecule has 122 valence electrons. The fourth-order valence-corrected chi connectivity index (χ4v) is 2.87. The fourth-order valence-electron chi connectivity index (χ4n) is 2.51. The molecule has 4 aromatic rings. The molecular weight excluding hydrogens is 380 g/mol. The van der Waals surface area contributed by atoms with Crippen LogP contribution >= 0.6 is 15.9 Å². The van der Waals surface area contributed by atoms with E-state index >= 15 is 0 Å². The molecule has 0 spiro atoms. The lowest BCUT2D eigenvalue weighted by atomic mass is 10.1. The number of rotatable bonds is 3. The number of nitrogens with zero attached hydrogens (tertiary/aromatic N) is 4. The first-order valence-corrected chi connectivity index (χ1v) is 8.35. The Balaban J connectivity index is 1.69. The van der Waals surface area contributed by atoms with E-state index < -0.39 is 0 Å². The maximum absolute atomic E-state index is 6.00. The van der Waals surface area contributed by atoms with Gasteiger partial charge in [0, 0.05) is 39.4 Å². The maximum atomic E-state index is 6.00. The highest BCUT2D eigenvalue weighted by atomic mass is 79.9. The number of azo groups is 1. The summed E-state index contributed by atoms with van der Waals surface area (Å²) in [7, 11) is 0. The number of benzene rings is 2. The van der Waals surface area contributed by atoms with Crippen LogP contribution in [0.4, 0.5) is 17.2 Å². The second kappa shape index (κ2) is 6.45. The van der Waals surface area contributed by atoms with Gasteiger partial charge in [0.25, 0.3) is 0 Å². The Labute approximate surface area is 152 Å². The van der Waals surface area contributed by atoms with Crippen LogP contribution in [0.15, 0.2) is 75.8 Å². The first-order valence-electron chi connectivity index (χ1n) is 7.56. The molecule has 0 atom stereocenters. The van der Waals surface area contributed by atoms with Gasteiger partial charge in [0.15, 0.2) is 5.82 Å². The minimum atomic E-state index is 0.349. The van der Waals surface area contributed by atoms with Gasteiger partial charge >= 0.3 is 0 Å². The van der Waals surface area contributed by atoms with Gasteiger partial charge in [-0.1, -0.05) is 22.0 Å². The molecule has 0 aliphatic rings. The third-order valence-corrected chi connectivity index (χ3v) is 4.25. The average molecular weight is 393 g/mol. The monoisotopic (exact) mass is 392 g/mol. The molecule has 0 aliphatic carbocycles. The molecule has 2 aromatic heterocycles. The summed E-state index contributed by atoms with van der Waals surface area (Å²) in [4.78, 5) is 11.5. The van der Waals surface area contributed by atoms with E-state index in [1.165, 1.54) is 0 Å². The molecule has 0 bridgehead atoms. The Kier molecular flexibility index (Phi) is 3.99. The van der Waals surface area contributed by atoms with Crippen LogP contribution in [0.25, 0.3) is 22.2 Å². The van der Waals surface area contributed by atoms with Gasteiger partial charge in [-0.3, -0.25) is 0 Å². The Hall–Kier alpha value is -3.06. The van der Waals surface area contributed by atoms with Crippen LogP contribution in [-0.2, 0) is 0 Å². The molecule has 0 fully saturated rings. The highest BCUT2D eigenvalue weighted by Crippen LogP contribution is 2.33. The normalized spacial score (nSPS) is 11.4. The minimum absolute atomic E-state index is 0.349. The smallest absolute Gasteiger partial charge is 0.151 e. The number of anilines is 1. The SMILES string of the molecule is Nc1ncc2ccc(Br)cc2c1/N=N/c1ccc(-c2ncc[nH]2)cc1. The summed E-state index contributed by atoms with van der Waals surface area (Å²) in [6, 6.07) is 13.5. The van der Waals surface area contributed by atoms with Crippen molar-refractivity contribution in [1.29, 1.82) is 0 Å². The number of fused-ring (bicyclic) bond motifs is 1. The van der Waals surface area contributed by atoms with Crippen molar-refractivity contribution in [2.24, 2.45) is 10.2 Å². The lowest BCUT2D eigenvalue weighted by Crippen LogP contribution is -1.90. The van der Waals surface area contributed by atoms with Gasteiger partial charge in [0.1, 0.15) is 11.5 Å². The van der Waals surface area contributed by atoms with Crippen molar-refractivity contribution in [2.45, 2.75) is 0 Å². The van der Waals surface area contributed by atoms with Gasteiger partial charge in [-0.15, -0.1) is 5.11 Å². The van der Waals surface area contributed by atoms with E-state index in [0.29, 0.717) is 11.5 Å². The molecule has 0 amide bonds. The molecule has 6 nitrogen and oxygen atoms in total. The molecule has 4 rings (SSSR count). The van der Waals surface area contributed by atoms with Crippen LogP contribution in [0.3, 0.4) is 0 Å². The number of aromatic amines is 1. The summed E-state index contributed by atoms with van der Waals surface area (Å²) < 4.78 is 0.949. The van der Waals surface area contributed by atoms with Crippen molar-refractivity contribution in [3.63, 3.8) is 0 Å². The van der Waals surface area contributed by atoms with E-state index in [-0.39, 0.29) is 0 Å². The predicted octanol–water partition coefficient (Wildman–Crippen LogP) is 5.39. The third-order valence-electron chi connectivity index (χ3n) is 3.76. The standard InChI is InChI=1S/C18H13BrN6/c19-13-4-1-12-10-23-17(20)16(15(12)9-13)25-24-14-5-2-11(3-6-14)18-21-7-8-22-18/h1-10H,(H2,20,23)(H,21,22)/b25-24+. The van der Waals surface area contributed by atoms with Crippen LogP contribution in [0.2, 0.25) is 0 Å². The van der Waals surface area contributed by atoms with E-state index in [2.05, 4.69) is 41.1 Å². The van der Waals surface area contributed by atoms with Gasteiger partial charge in [0.05, 0.1) is 5.69 Å². The molecule has 0 aliphatic heterocycles. The van der Waals surface area contributed by atoms with Gasteiger partial charge in [-0.05, 0) is 36.4 Å². The number of aromatic nitrogens is 3. The van der Waals surface area contributed by atoms with Gasteiger partial charge in [-0.2, -0.15) is 5.11 Å². The molecular formula is C18H13BrN6. The van der Waals surface area contributed by atoms with Gasteiger partial charge < -0.3 is 10.7 Å². The number of hydrogen-bond donors (Lipinski definition) is 2. The van der Waals surface area contributed by atoms with Crippen molar-refractivity contribution in [3.05, 3.63) is 65.5 Å². The average Bonchev–Trinajstić information content (AvgIpc) is 3.16. The van der Waals surface area contributed by atoms with Crippen LogP contribution < -0.4 is 5.73 Å². The van der Waals surface area contributed by atoms with Crippen LogP contribution in [0.1, 0.15) is 0 Å². The van der Waals surface area contributed by atoms with Crippen molar-refractivity contribution >= 4 is 43.9 Å². The molecule has 2 heterocycles. The first-order chi connectivity index (χ1) is 12.2. The number of nitrogens with two attached hydrogens (primary N) is 1. The molecule has 0 saturated carbocycles. The van der Waals surface area contributed by atoms with Gasteiger partial charge in [-0.25, -0.2) is 9.97 Å². The number of imidazole rings is 1. The summed E-state index contributed by atoms with van der Waals surface area (Å²) in [5.41, 5.74) is 8.27. The zero-order chi connectivity index (χ0) is 17.2. The molecule has 2 aromatic carbocycles. The van der Waals surface area contributed by atoms with Crippen LogP contribution in [0, 0.1) is 0 Å². The summed E-state index contributed by atoms with van der Waals surface area (Å²) >= 11 is 3.47. The topological polar surface area (TPSA) is 92.3 Å². The van der Waals surface area contributed by atoms with Gasteiger partial charge in [0.2, 0.25) is 0 Å². The second-order valence-electron chi connectivity index (χ2n) is 5.41. The van der Waals surface area contributed by atoms with Crippen molar-refractivity contribution in [2.75, 3.05) is 5.73 Å². The quantitative estimate of drug-likeness (QED) is 0.458. The zero-order valence-corrected chi connectivity index (χ0v) is 14.6. The Morgan fingerprint density at radius 1 is 1.00 bits per heavy atom. The maximum Gasteiger partial charge on any atom is 0.151 e. The number of H-pyrrole nitrogens is 1. The lowest BCUT2D eigenvalue weighted by Gasteiger charge is -2.04. The van der Waals surface area contributed by atoms with E-state index in [0.717, 1.165) is 32.3 Å². The molecule has 3 N–H and O–H groups in total. The molecule has 25 heavy (non-hydrogen) atoms. The number of pyridine rings is 1. The summed E-state index contributed by atoms with van der Waals surface area (Å²) in [6.07, 6.45) is 5.24. The highest BCUT2D eigenvalue weighted by molar-refractivity contribution is 9.10. The zero-order valence-electron chi connectivity index (χ0n) is 13.0. The highest BCUT2D eigenvalue weighted by Gasteiger charge is 2.07. The fraction of sp³-hybridized carbons (Fsp3) is 0. The van der Waals surface area contributed by atoms with Crippen LogP contribution in [0.5, 0.6) is 0 Å². The van der Waals surface area contributed by atoms with E-state index in [1.807, 2.05) is 42.5 Å². The Morgan fingerprint density at radius 3 is 2.60 bits per heavy atom. The predicted molar refractivity (Wildman–Crippen MR) is 102 cm³/mol. The lowest BCUT2D eigenvalue weighted by molar-refractivity contribution is 1.22. The van der Waals surface area contributed by atoms with Crippen LogP contribution in [-0.4, -0.2) is 15.0 Å². The molecule has 0 radical (unpaired) electrons. The third kappa shape index (κ3) is 3.14. The van der Waals surface area contributed by atoms with Crippen molar-refractivity contribution in [3.8, 4) is 11.4 Å². The largest absolute Gasteiger partial charge is 0.382 e. The van der Waals surface area contributed by atoms with E-state index in [4.69, 9.17) is 5.73 Å². The molecule has 0 unspecified atom stereocenters. The number of halogens is 1. The van der Waals surface area contributed by atoms with Crippen molar-refractivity contribution in [1.82, 2.24) is 15.0 Å². The number of nitrogen functional groups attached to an aromatic ring is 1. The van der Waals surface area contributed by atoms with Crippen molar-refractivity contribution < 1.29 is 0 Å². The summed E-state index contributed by atoms with van der Waals surface area (Å²) in [5.74, 6) is 1.16. The van der Waals surface area contributed by atoms with E-state index in [1.54, 1.807) is 18.6 Å².